The smallest absolute Gasteiger partial charge is 0.133 e. The number of hydrogen-bond donors (Lipinski definition) is 2. The van der Waals surface area contributed by atoms with Crippen LogP contribution in [0.1, 0.15) is 5.56 Å². The van der Waals surface area contributed by atoms with E-state index in [-0.39, 0.29) is 5.82 Å². The highest BCUT2D eigenvalue weighted by Crippen LogP contribution is 2.44. The number of aromatic nitrogens is 1. The zero-order valence-corrected chi connectivity index (χ0v) is 13.2. The maximum absolute atomic E-state index is 14.8. The van der Waals surface area contributed by atoms with E-state index in [9.17, 15) is 4.39 Å². The third-order valence-corrected chi connectivity index (χ3v) is 5.01. The zero-order chi connectivity index (χ0) is 16.1. The topological polar surface area (TPSA) is 40.3 Å². The second kappa shape index (κ2) is 5.24. The molecule has 0 saturated carbocycles. The first kappa shape index (κ1) is 13.9. The van der Waals surface area contributed by atoms with Crippen molar-refractivity contribution in [3.05, 3.63) is 47.9 Å². The Hall–Kier alpha value is -2.53. The number of benzene rings is 2. The molecule has 122 valence electrons. The molecule has 0 amide bonds. The molecule has 2 N–H and O–H groups in total. The first-order chi connectivity index (χ1) is 11.8. The third-order valence-electron chi connectivity index (χ3n) is 5.01. The number of ether oxygens (including phenoxy) is 1. The summed E-state index contributed by atoms with van der Waals surface area (Å²) in [5, 5.41) is 5.15. The SMILES string of the molecule is Fc1ccc2c3c(c(-c4ccc[nH]4)cc(N4CCOCC4)c13)CN2. The van der Waals surface area contributed by atoms with Gasteiger partial charge in [0.2, 0.25) is 0 Å². The van der Waals surface area contributed by atoms with Gasteiger partial charge in [0, 0.05) is 59.2 Å². The average Bonchev–Trinajstić information content (AvgIpc) is 3.29. The number of aromatic amines is 1. The first-order valence-corrected chi connectivity index (χ1v) is 8.31. The van der Waals surface area contributed by atoms with E-state index in [0.717, 1.165) is 53.0 Å². The van der Waals surface area contributed by atoms with E-state index in [2.05, 4.69) is 27.3 Å². The Morgan fingerprint density at radius 3 is 2.75 bits per heavy atom. The van der Waals surface area contributed by atoms with Gasteiger partial charge in [0.15, 0.2) is 0 Å². The number of anilines is 2. The molecule has 1 aromatic heterocycles. The lowest BCUT2D eigenvalue weighted by Crippen LogP contribution is -2.36. The lowest BCUT2D eigenvalue weighted by Gasteiger charge is -2.30. The largest absolute Gasteiger partial charge is 0.380 e. The molecule has 24 heavy (non-hydrogen) atoms. The van der Waals surface area contributed by atoms with Gasteiger partial charge in [0.05, 0.1) is 13.2 Å². The Bertz CT molecular complexity index is 914. The highest BCUT2D eigenvalue weighted by atomic mass is 19.1. The highest BCUT2D eigenvalue weighted by molar-refractivity contribution is 6.09. The van der Waals surface area contributed by atoms with Crippen molar-refractivity contribution >= 4 is 22.1 Å². The van der Waals surface area contributed by atoms with E-state index >= 15 is 0 Å². The van der Waals surface area contributed by atoms with Crippen molar-refractivity contribution in [2.24, 2.45) is 0 Å². The molecule has 3 aromatic rings. The molecule has 0 unspecified atom stereocenters. The minimum Gasteiger partial charge on any atom is -0.380 e. The molecule has 3 heterocycles. The van der Waals surface area contributed by atoms with Crippen molar-refractivity contribution < 1.29 is 9.13 Å². The van der Waals surface area contributed by atoms with Crippen LogP contribution in [-0.2, 0) is 11.3 Å². The van der Waals surface area contributed by atoms with E-state index in [1.54, 1.807) is 6.07 Å². The van der Waals surface area contributed by atoms with Crippen LogP contribution in [0.15, 0.2) is 36.5 Å². The van der Waals surface area contributed by atoms with Gasteiger partial charge in [-0.2, -0.15) is 0 Å². The van der Waals surface area contributed by atoms with Crippen LogP contribution in [0.25, 0.3) is 22.0 Å². The van der Waals surface area contributed by atoms with E-state index in [1.807, 2.05) is 18.3 Å². The predicted octanol–water partition coefficient (Wildman–Crippen LogP) is 3.74. The van der Waals surface area contributed by atoms with Crippen molar-refractivity contribution in [2.45, 2.75) is 6.54 Å². The van der Waals surface area contributed by atoms with Gasteiger partial charge in [-0.1, -0.05) is 0 Å². The molecule has 0 radical (unpaired) electrons. The molecular weight excluding hydrogens is 305 g/mol. The molecule has 0 spiro atoms. The van der Waals surface area contributed by atoms with Crippen LogP contribution >= 0.6 is 0 Å². The summed E-state index contributed by atoms with van der Waals surface area (Å²) in [6, 6.07) is 9.61. The monoisotopic (exact) mass is 323 g/mol. The molecule has 1 saturated heterocycles. The molecule has 2 aliphatic rings. The fraction of sp³-hybridized carbons (Fsp3) is 0.263. The summed E-state index contributed by atoms with van der Waals surface area (Å²) >= 11 is 0. The van der Waals surface area contributed by atoms with Gasteiger partial charge in [-0.15, -0.1) is 0 Å². The molecule has 5 heteroatoms. The fourth-order valence-electron chi connectivity index (χ4n) is 3.88. The zero-order valence-electron chi connectivity index (χ0n) is 13.2. The van der Waals surface area contributed by atoms with Crippen LogP contribution in [0.4, 0.5) is 15.8 Å². The predicted molar refractivity (Wildman–Crippen MR) is 94.1 cm³/mol. The summed E-state index contributed by atoms with van der Waals surface area (Å²) in [5.74, 6) is -0.154. The third kappa shape index (κ3) is 1.94. The van der Waals surface area contributed by atoms with Crippen molar-refractivity contribution in [2.75, 3.05) is 36.5 Å². The highest BCUT2D eigenvalue weighted by Gasteiger charge is 2.26. The molecule has 1 fully saturated rings. The van der Waals surface area contributed by atoms with E-state index in [4.69, 9.17) is 4.74 Å². The van der Waals surface area contributed by atoms with Crippen molar-refractivity contribution in [3.63, 3.8) is 0 Å². The van der Waals surface area contributed by atoms with E-state index in [0.29, 0.717) is 13.2 Å². The normalized spacial score (nSPS) is 16.6. The summed E-state index contributed by atoms with van der Waals surface area (Å²) < 4.78 is 20.2. The molecule has 2 aromatic carbocycles. The Kier molecular flexibility index (Phi) is 3.03. The number of rotatable bonds is 2. The standard InChI is InChI=1S/C19H18FN3O/c20-14-3-4-16-18-13(11-22-16)12(15-2-1-5-21-15)10-17(19(14)18)23-6-8-24-9-7-23/h1-5,10,21-22H,6-9,11H2. The molecule has 0 atom stereocenters. The number of H-pyrrole nitrogens is 1. The van der Waals surface area contributed by atoms with Crippen molar-refractivity contribution in [1.82, 2.24) is 4.98 Å². The van der Waals surface area contributed by atoms with E-state index < -0.39 is 0 Å². The van der Waals surface area contributed by atoms with Crippen LogP contribution < -0.4 is 10.2 Å². The van der Waals surface area contributed by atoms with Gasteiger partial charge in [-0.3, -0.25) is 0 Å². The first-order valence-electron chi connectivity index (χ1n) is 8.31. The van der Waals surface area contributed by atoms with Crippen molar-refractivity contribution in [3.8, 4) is 11.3 Å². The number of hydrogen-bond acceptors (Lipinski definition) is 3. The minimum atomic E-state index is -0.154. The Labute approximate surface area is 139 Å². The number of morpholine rings is 1. The molecular formula is C19H18FN3O. The summed E-state index contributed by atoms with van der Waals surface area (Å²) in [6.07, 6.45) is 1.93. The quantitative estimate of drug-likeness (QED) is 0.755. The van der Waals surface area contributed by atoms with Gasteiger partial charge in [0.25, 0.3) is 0 Å². The summed E-state index contributed by atoms with van der Waals surface area (Å²) in [7, 11) is 0. The van der Waals surface area contributed by atoms with Crippen LogP contribution in [0.3, 0.4) is 0 Å². The number of nitrogens with one attached hydrogen (secondary N) is 2. The maximum Gasteiger partial charge on any atom is 0.133 e. The minimum absolute atomic E-state index is 0.154. The summed E-state index contributed by atoms with van der Waals surface area (Å²) in [4.78, 5) is 5.53. The van der Waals surface area contributed by atoms with Crippen LogP contribution in [0, 0.1) is 5.82 Å². The lowest BCUT2D eigenvalue weighted by atomic mass is 9.95. The van der Waals surface area contributed by atoms with Gasteiger partial charge in [-0.05, 0) is 35.9 Å². The van der Waals surface area contributed by atoms with Gasteiger partial charge in [-0.25, -0.2) is 4.39 Å². The number of nitrogens with zero attached hydrogens (tertiary/aromatic N) is 1. The van der Waals surface area contributed by atoms with Gasteiger partial charge in [0.1, 0.15) is 5.82 Å². The summed E-state index contributed by atoms with van der Waals surface area (Å²) in [5.41, 5.74) is 5.36. The number of halogens is 1. The molecule has 2 aliphatic heterocycles. The van der Waals surface area contributed by atoms with Crippen LogP contribution in [-0.4, -0.2) is 31.3 Å². The summed E-state index contributed by atoms with van der Waals surface area (Å²) in [6.45, 7) is 3.67. The van der Waals surface area contributed by atoms with Gasteiger partial charge < -0.3 is 19.9 Å². The van der Waals surface area contributed by atoms with Crippen molar-refractivity contribution in [1.29, 1.82) is 0 Å². The second-order valence-corrected chi connectivity index (χ2v) is 6.30. The average molecular weight is 323 g/mol. The molecule has 0 aliphatic carbocycles. The Balaban J connectivity index is 1.84. The maximum atomic E-state index is 14.8. The second-order valence-electron chi connectivity index (χ2n) is 6.30. The fourth-order valence-corrected chi connectivity index (χ4v) is 3.88. The van der Waals surface area contributed by atoms with Crippen LogP contribution in [0.5, 0.6) is 0 Å². The van der Waals surface area contributed by atoms with Crippen LogP contribution in [0.2, 0.25) is 0 Å². The molecule has 5 rings (SSSR count). The molecule has 4 nitrogen and oxygen atoms in total. The Morgan fingerprint density at radius 2 is 1.96 bits per heavy atom. The van der Waals surface area contributed by atoms with E-state index in [1.165, 1.54) is 5.56 Å². The lowest BCUT2D eigenvalue weighted by molar-refractivity contribution is 0.123. The van der Waals surface area contributed by atoms with Gasteiger partial charge >= 0.3 is 0 Å². The Morgan fingerprint density at radius 1 is 1.08 bits per heavy atom. The molecule has 0 bridgehead atoms.